The highest BCUT2D eigenvalue weighted by Gasteiger charge is 2.32. The third-order valence-corrected chi connectivity index (χ3v) is 3.06. The van der Waals surface area contributed by atoms with Gasteiger partial charge in [0.15, 0.2) is 0 Å². The molecule has 1 heterocycles. The van der Waals surface area contributed by atoms with Crippen molar-refractivity contribution >= 4 is 11.9 Å². The van der Waals surface area contributed by atoms with E-state index in [0.29, 0.717) is 19.5 Å². The molecule has 17 heavy (non-hydrogen) atoms. The molecule has 0 aromatic carbocycles. The number of methoxy groups -OCH3 is 1. The first kappa shape index (κ1) is 14.0. The monoisotopic (exact) mass is 242 g/mol. The van der Waals surface area contributed by atoms with Crippen molar-refractivity contribution in [1.82, 2.24) is 10.2 Å². The van der Waals surface area contributed by atoms with Gasteiger partial charge in [0.1, 0.15) is 6.04 Å². The molecular formula is C12H22N2O3. The standard InChI is InChI=1S/C12H22N2O3/c1-3-13-8-7-11(15)14-9-5-4-6-10(14)12(16)17-2/h10,13H,3-9H2,1-2H3. The van der Waals surface area contributed by atoms with Crippen LogP contribution in [0, 0.1) is 0 Å². The van der Waals surface area contributed by atoms with Crippen LogP contribution in [0.15, 0.2) is 0 Å². The van der Waals surface area contributed by atoms with Gasteiger partial charge < -0.3 is 15.0 Å². The SMILES string of the molecule is CCNCCC(=O)N1CCCCC1C(=O)OC. The fraction of sp³-hybridized carbons (Fsp3) is 0.833. The number of amides is 1. The van der Waals surface area contributed by atoms with Crippen LogP contribution in [0.2, 0.25) is 0 Å². The Balaban J connectivity index is 2.52. The van der Waals surface area contributed by atoms with Gasteiger partial charge in [-0.15, -0.1) is 0 Å². The van der Waals surface area contributed by atoms with E-state index < -0.39 is 0 Å². The van der Waals surface area contributed by atoms with Gasteiger partial charge in [0.05, 0.1) is 7.11 Å². The third kappa shape index (κ3) is 4.00. The Labute approximate surface area is 102 Å². The first-order chi connectivity index (χ1) is 8.20. The summed E-state index contributed by atoms with van der Waals surface area (Å²) in [6, 6.07) is -0.372. The van der Waals surface area contributed by atoms with E-state index in [-0.39, 0.29) is 17.9 Å². The second-order valence-corrected chi connectivity index (χ2v) is 4.23. The normalized spacial score (nSPS) is 20.1. The van der Waals surface area contributed by atoms with Crippen molar-refractivity contribution in [2.45, 2.75) is 38.6 Å². The fourth-order valence-corrected chi connectivity index (χ4v) is 2.13. The molecule has 5 heteroatoms. The van der Waals surface area contributed by atoms with Crippen molar-refractivity contribution in [1.29, 1.82) is 0 Å². The molecule has 0 bridgehead atoms. The second-order valence-electron chi connectivity index (χ2n) is 4.23. The quantitative estimate of drug-likeness (QED) is 0.564. The lowest BCUT2D eigenvalue weighted by molar-refractivity contribution is -0.154. The summed E-state index contributed by atoms with van der Waals surface area (Å²) in [4.78, 5) is 25.2. The molecular weight excluding hydrogens is 220 g/mol. The number of piperidine rings is 1. The number of esters is 1. The van der Waals surface area contributed by atoms with Gasteiger partial charge in [-0.3, -0.25) is 4.79 Å². The predicted molar refractivity (Wildman–Crippen MR) is 64.5 cm³/mol. The Bertz CT molecular complexity index is 268. The highest BCUT2D eigenvalue weighted by atomic mass is 16.5. The van der Waals surface area contributed by atoms with Crippen LogP contribution >= 0.6 is 0 Å². The van der Waals surface area contributed by atoms with Crippen LogP contribution in [0.5, 0.6) is 0 Å². The average molecular weight is 242 g/mol. The van der Waals surface area contributed by atoms with Crippen LogP contribution in [0.3, 0.4) is 0 Å². The average Bonchev–Trinajstić information content (AvgIpc) is 2.38. The van der Waals surface area contributed by atoms with E-state index in [1.165, 1.54) is 7.11 Å². The van der Waals surface area contributed by atoms with Gasteiger partial charge in [-0.25, -0.2) is 4.79 Å². The Morgan fingerprint density at radius 3 is 2.82 bits per heavy atom. The molecule has 0 saturated carbocycles. The first-order valence-electron chi connectivity index (χ1n) is 6.28. The lowest BCUT2D eigenvalue weighted by atomic mass is 10.0. The van der Waals surface area contributed by atoms with Gasteiger partial charge >= 0.3 is 5.97 Å². The molecule has 1 atom stereocenters. The van der Waals surface area contributed by atoms with Crippen LogP contribution in [0.25, 0.3) is 0 Å². The maximum Gasteiger partial charge on any atom is 0.328 e. The van der Waals surface area contributed by atoms with Crippen LogP contribution in [0.4, 0.5) is 0 Å². The number of hydrogen-bond acceptors (Lipinski definition) is 4. The molecule has 5 nitrogen and oxygen atoms in total. The highest BCUT2D eigenvalue weighted by molar-refractivity contribution is 5.84. The van der Waals surface area contributed by atoms with Crippen molar-refractivity contribution in [3.63, 3.8) is 0 Å². The summed E-state index contributed by atoms with van der Waals surface area (Å²) in [5, 5.41) is 3.11. The molecule has 1 aliphatic heterocycles. The van der Waals surface area contributed by atoms with Gasteiger partial charge in [0.2, 0.25) is 5.91 Å². The van der Waals surface area contributed by atoms with Crippen LogP contribution in [0.1, 0.15) is 32.6 Å². The van der Waals surface area contributed by atoms with Crippen molar-refractivity contribution in [3.8, 4) is 0 Å². The van der Waals surface area contributed by atoms with Gasteiger partial charge in [-0.1, -0.05) is 6.92 Å². The number of nitrogens with zero attached hydrogens (tertiary/aromatic N) is 1. The van der Waals surface area contributed by atoms with Crippen molar-refractivity contribution < 1.29 is 14.3 Å². The van der Waals surface area contributed by atoms with E-state index in [1.54, 1.807) is 4.90 Å². The summed E-state index contributed by atoms with van der Waals surface area (Å²) in [7, 11) is 1.37. The van der Waals surface area contributed by atoms with E-state index in [4.69, 9.17) is 4.74 Å². The van der Waals surface area contributed by atoms with E-state index in [2.05, 4.69) is 5.32 Å². The van der Waals surface area contributed by atoms with Gasteiger partial charge in [0, 0.05) is 19.5 Å². The van der Waals surface area contributed by atoms with E-state index >= 15 is 0 Å². The summed E-state index contributed by atoms with van der Waals surface area (Å²) in [6.45, 7) is 4.20. The smallest absolute Gasteiger partial charge is 0.328 e. The van der Waals surface area contributed by atoms with Crippen LogP contribution in [-0.2, 0) is 14.3 Å². The molecule has 1 amide bonds. The van der Waals surface area contributed by atoms with Crippen LogP contribution in [-0.4, -0.2) is 49.6 Å². The minimum absolute atomic E-state index is 0.0426. The molecule has 98 valence electrons. The molecule has 0 aliphatic carbocycles. The Hall–Kier alpha value is -1.10. The largest absolute Gasteiger partial charge is 0.467 e. The van der Waals surface area contributed by atoms with Crippen molar-refractivity contribution in [2.75, 3.05) is 26.7 Å². The molecule has 1 saturated heterocycles. The summed E-state index contributed by atoms with van der Waals surface area (Å²) < 4.78 is 4.75. The molecule has 1 aliphatic rings. The minimum Gasteiger partial charge on any atom is -0.467 e. The summed E-state index contributed by atoms with van der Waals surface area (Å²) in [6.07, 6.45) is 3.12. The molecule has 1 fully saturated rings. The highest BCUT2D eigenvalue weighted by Crippen LogP contribution is 2.18. The molecule has 0 spiro atoms. The Morgan fingerprint density at radius 1 is 1.41 bits per heavy atom. The predicted octanol–water partition coefficient (Wildman–Crippen LogP) is 0.540. The molecule has 0 aromatic heterocycles. The Kier molecular flexibility index (Phi) is 5.97. The van der Waals surface area contributed by atoms with Crippen molar-refractivity contribution in [3.05, 3.63) is 0 Å². The van der Waals surface area contributed by atoms with Gasteiger partial charge in [0.25, 0.3) is 0 Å². The number of carbonyl (C=O) groups is 2. The summed E-state index contributed by atoms with van der Waals surface area (Å²) in [5.74, 6) is -0.248. The zero-order chi connectivity index (χ0) is 12.7. The summed E-state index contributed by atoms with van der Waals surface area (Å²) >= 11 is 0. The number of ether oxygens (including phenoxy) is 1. The molecule has 0 aromatic rings. The first-order valence-corrected chi connectivity index (χ1v) is 6.28. The fourth-order valence-electron chi connectivity index (χ4n) is 2.13. The maximum atomic E-state index is 12.0. The molecule has 1 unspecified atom stereocenters. The van der Waals surface area contributed by atoms with Gasteiger partial charge in [-0.05, 0) is 25.8 Å². The minimum atomic E-state index is -0.372. The van der Waals surface area contributed by atoms with Crippen molar-refractivity contribution in [2.24, 2.45) is 0 Å². The van der Waals surface area contributed by atoms with E-state index in [9.17, 15) is 9.59 Å². The number of rotatable bonds is 5. The number of carbonyl (C=O) groups excluding carboxylic acids is 2. The lowest BCUT2D eigenvalue weighted by Crippen LogP contribution is -2.49. The lowest BCUT2D eigenvalue weighted by Gasteiger charge is -2.33. The molecule has 1 rings (SSSR count). The van der Waals surface area contributed by atoms with Crippen LogP contribution < -0.4 is 5.32 Å². The zero-order valence-corrected chi connectivity index (χ0v) is 10.7. The number of likely N-dealkylation sites (tertiary alicyclic amines) is 1. The Morgan fingerprint density at radius 2 is 2.18 bits per heavy atom. The zero-order valence-electron chi connectivity index (χ0n) is 10.7. The topological polar surface area (TPSA) is 58.6 Å². The third-order valence-electron chi connectivity index (χ3n) is 3.06. The van der Waals surface area contributed by atoms with E-state index in [1.807, 2.05) is 6.92 Å². The summed E-state index contributed by atoms with van der Waals surface area (Å²) in [5.41, 5.74) is 0. The van der Waals surface area contributed by atoms with Gasteiger partial charge in [-0.2, -0.15) is 0 Å². The van der Waals surface area contributed by atoms with E-state index in [0.717, 1.165) is 25.8 Å². The molecule has 0 radical (unpaired) electrons. The maximum absolute atomic E-state index is 12.0. The number of nitrogens with one attached hydrogen (secondary N) is 1. The number of hydrogen-bond donors (Lipinski definition) is 1. The molecule has 1 N–H and O–H groups in total. The second kappa shape index (κ2) is 7.27.